The fraction of sp³-hybridized carbons (Fsp3) is 0.857. The van der Waals surface area contributed by atoms with E-state index in [0.717, 1.165) is 0 Å². The van der Waals surface area contributed by atoms with E-state index in [0.29, 0.717) is 6.42 Å². The molecule has 1 fully saturated rings. The zero-order valence-electron chi connectivity index (χ0n) is 6.59. The van der Waals surface area contributed by atoms with Crippen molar-refractivity contribution < 1.29 is 9.90 Å². The SMILES string of the molecule is CN1C(=O)C(C)(C)CC1O. The molecule has 1 heterocycles. The molecule has 1 amide bonds. The Morgan fingerprint density at radius 2 is 2.20 bits per heavy atom. The first-order valence-electron chi connectivity index (χ1n) is 3.40. The monoisotopic (exact) mass is 143 g/mol. The summed E-state index contributed by atoms with van der Waals surface area (Å²) in [4.78, 5) is 12.6. The summed E-state index contributed by atoms with van der Waals surface area (Å²) in [5.41, 5.74) is -0.367. The van der Waals surface area contributed by atoms with E-state index in [1.54, 1.807) is 7.05 Å². The van der Waals surface area contributed by atoms with Crippen molar-refractivity contribution in [1.82, 2.24) is 4.90 Å². The molecule has 0 aromatic rings. The van der Waals surface area contributed by atoms with Crippen LogP contribution in [-0.2, 0) is 4.79 Å². The van der Waals surface area contributed by atoms with E-state index in [-0.39, 0.29) is 11.3 Å². The Hall–Kier alpha value is -0.570. The number of carbonyl (C=O) groups excluding carboxylic acids is 1. The minimum Gasteiger partial charge on any atom is -0.374 e. The smallest absolute Gasteiger partial charge is 0.230 e. The second-order valence-electron chi connectivity index (χ2n) is 3.48. The van der Waals surface area contributed by atoms with Crippen LogP contribution in [0.15, 0.2) is 0 Å². The van der Waals surface area contributed by atoms with E-state index in [1.807, 2.05) is 13.8 Å². The van der Waals surface area contributed by atoms with Crippen LogP contribution < -0.4 is 0 Å². The van der Waals surface area contributed by atoms with Gasteiger partial charge in [-0.15, -0.1) is 0 Å². The molecule has 1 rings (SSSR count). The second-order valence-corrected chi connectivity index (χ2v) is 3.48. The van der Waals surface area contributed by atoms with Gasteiger partial charge in [0.05, 0.1) is 0 Å². The van der Waals surface area contributed by atoms with E-state index in [2.05, 4.69) is 0 Å². The number of hydrogen-bond acceptors (Lipinski definition) is 2. The van der Waals surface area contributed by atoms with Gasteiger partial charge in [-0.25, -0.2) is 0 Å². The lowest BCUT2D eigenvalue weighted by Gasteiger charge is -2.14. The van der Waals surface area contributed by atoms with Gasteiger partial charge in [-0.2, -0.15) is 0 Å². The molecule has 1 atom stereocenters. The van der Waals surface area contributed by atoms with Crippen molar-refractivity contribution in [3.63, 3.8) is 0 Å². The van der Waals surface area contributed by atoms with Crippen molar-refractivity contribution in [3.05, 3.63) is 0 Å². The third-order valence-corrected chi connectivity index (χ3v) is 2.04. The van der Waals surface area contributed by atoms with Gasteiger partial charge in [-0.3, -0.25) is 4.79 Å². The minimum atomic E-state index is -0.581. The van der Waals surface area contributed by atoms with Crippen molar-refractivity contribution >= 4 is 5.91 Å². The number of hydrogen-bond donors (Lipinski definition) is 1. The van der Waals surface area contributed by atoms with E-state index < -0.39 is 6.23 Å². The minimum absolute atomic E-state index is 0.0278. The maximum Gasteiger partial charge on any atom is 0.230 e. The quantitative estimate of drug-likeness (QED) is 0.526. The molecule has 1 aliphatic heterocycles. The molecule has 58 valence electrons. The molecule has 0 radical (unpaired) electrons. The third-order valence-electron chi connectivity index (χ3n) is 2.04. The Labute approximate surface area is 60.6 Å². The van der Waals surface area contributed by atoms with E-state index in [9.17, 15) is 9.90 Å². The summed E-state index contributed by atoms with van der Waals surface area (Å²) in [5, 5.41) is 9.21. The molecule has 0 spiro atoms. The summed E-state index contributed by atoms with van der Waals surface area (Å²) in [6, 6.07) is 0. The normalized spacial score (nSPS) is 31.4. The molecule has 0 aliphatic carbocycles. The Kier molecular flexibility index (Phi) is 1.47. The van der Waals surface area contributed by atoms with E-state index in [4.69, 9.17) is 0 Å². The Morgan fingerprint density at radius 1 is 1.70 bits per heavy atom. The van der Waals surface area contributed by atoms with E-state index >= 15 is 0 Å². The Balaban J connectivity index is 2.82. The zero-order chi connectivity index (χ0) is 7.94. The highest BCUT2D eigenvalue weighted by Crippen LogP contribution is 2.32. The molecule has 0 bridgehead atoms. The van der Waals surface area contributed by atoms with Crippen LogP contribution in [0.1, 0.15) is 20.3 Å². The Morgan fingerprint density at radius 3 is 2.30 bits per heavy atom. The second kappa shape index (κ2) is 1.95. The molecule has 0 aromatic carbocycles. The van der Waals surface area contributed by atoms with Crippen molar-refractivity contribution in [2.24, 2.45) is 5.41 Å². The van der Waals surface area contributed by atoms with Gasteiger partial charge in [0.2, 0.25) is 5.91 Å². The molecule has 0 saturated carbocycles. The average molecular weight is 143 g/mol. The molecule has 3 heteroatoms. The van der Waals surface area contributed by atoms with Gasteiger partial charge in [0, 0.05) is 18.9 Å². The number of aliphatic hydroxyl groups is 1. The number of nitrogens with zero attached hydrogens (tertiary/aromatic N) is 1. The topological polar surface area (TPSA) is 40.5 Å². The van der Waals surface area contributed by atoms with Gasteiger partial charge < -0.3 is 10.0 Å². The van der Waals surface area contributed by atoms with Crippen molar-refractivity contribution in [2.45, 2.75) is 26.5 Å². The highest BCUT2D eigenvalue weighted by atomic mass is 16.3. The molecular weight excluding hydrogens is 130 g/mol. The van der Waals surface area contributed by atoms with Gasteiger partial charge in [-0.05, 0) is 0 Å². The van der Waals surface area contributed by atoms with Crippen LogP contribution in [0, 0.1) is 5.41 Å². The molecular formula is C7H13NO2. The zero-order valence-corrected chi connectivity index (χ0v) is 6.59. The molecule has 1 unspecified atom stereocenters. The van der Waals surface area contributed by atoms with Gasteiger partial charge in [0.1, 0.15) is 6.23 Å². The van der Waals surface area contributed by atoms with Crippen LogP contribution in [0.5, 0.6) is 0 Å². The summed E-state index contributed by atoms with van der Waals surface area (Å²) < 4.78 is 0. The summed E-state index contributed by atoms with van der Waals surface area (Å²) in [5.74, 6) is 0.0278. The highest BCUT2D eigenvalue weighted by Gasteiger charge is 2.42. The lowest BCUT2D eigenvalue weighted by atomic mass is 9.92. The first kappa shape index (κ1) is 7.54. The molecule has 1 aliphatic rings. The first-order valence-corrected chi connectivity index (χ1v) is 3.40. The van der Waals surface area contributed by atoms with Crippen molar-refractivity contribution in [3.8, 4) is 0 Å². The molecule has 1 saturated heterocycles. The average Bonchev–Trinajstić information content (AvgIpc) is 1.95. The highest BCUT2D eigenvalue weighted by molar-refractivity contribution is 5.83. The van der Waals surface area contributed by atoms with E-state index in [1.165, 1.54) is 4.90 Å². The summed E-state index contributed by atoms with van der Waals surface area (Å²) in [7, 11) is 1.63. The number of aliphatic hydroxyl groups excluding tert-OH is 1. The summed E-state index contributed by atoms with van der Waals surface area (Å²) in [6.07, 6.45) is -0.0370. The van der Waals surface area contributed by atoms with Crippen molar-refractivity contribution in [2.75, 3.05) is 7.05 Å². The number of rotatable bonds is 0. The van der Waals surface area contributed by atoms with Gasteiger partial charge >= 0.3 is 0 Å². The molecule has 3 nitrogen and oxygen atoms in total. The van der Waals surface area contributed by atoms with Crippen LogP contribution in [0.4, 0.5) is 0 Å². The van der Waals surface area contributed by atoms with Crippen LogP contribution in [0.2, 0.25) is 0 Å². The van der Waals surface area contributed by atoms with Crippen LogP contribution >= 0.6 is 0 Å². The maximum absolute atomic E-state index is 11.2. The number of carbonyl (C=O) groups is 1. The van der Waals surface area contributed by atoms with Crippen LogP contribution in [0.3, 0.4) is 0 Å². The number of likely N-dealkylation sites (tertiary alicyclic amines) is 1. The fourth-order valence-electron chi connectivity index (χ4n) is 1.29. The first-order chi connectivity index (χ1) is 4.45. The lowest BCUT2D eigenvalue weighted by Crippen LogP contribution is -2.31. The van der Waals surface area contributed by atoms with Gasteiger partial charge in [0.15, 0.2) is 0 Å². The predicted octanol–water partition coefficient (Wildman–Crippen LogP) is 0.193. The number of amides is 1. The maximum atomic E-state index is 11.2. The van der Waals surface area contributed by atoms with Crippen molar-refractivity contribution in [1.29, 1.82) is 0 Å². The standard InChI is InChI=1S/C7H13NO2/c1-7(2)4-5(9)8(3)6(7)10/h5,9H,4H2,1-3H3. The fourth-order valence-corrected chi connectivity index (χ4v) is 1.29. The third kappa shape index (κ3) is 0.904. The van der Waals surface area contributed by atoms with Crippen LogP contribution in [-0.4, -0.2) is 29.2 Å². The van der Waals surface area contributed by atoms with Gasteiger partial charge in [-0.1, -0.05) is 13.8 Å². The lowest BCUT2D eigenvalue weighted by molar-refractivity contribution is -0.136. The van der Waals surface area contributed by atoms with Gasteiger partial charge in [0.25, 0.3) is 0 Å². The molecule has 10 heavy (non-hydrogen) atoms. The summed E-state index contributed by atoms with van der Waals surface area (Å²) in [6.45, 7) is 3.70. The summed E-state index contributed by atoms with van der Waals surface area (Å²) >= 11 is 0. The molecule has 1 N–H and O–H groups in total. The van der Waals surface area contributed by atoms with Crippen LogP contribution in [0.25, 0.3) is 0 Å². The largest absolute Gasteiger partial charge is 0.374 e. The predicted molar refractivity (Wildman–Crippen MR) is 37.2 cm³/mol. The molecule has 0 aromatic heterocycles. The Bertz CT molecular complexity index is 165.